The highest BCUT2D eigenvalue weighted by molar-refractivity contribution is 5.94. The number of nitrogens with zero attached hydrogens (tertiary/aromatic N) is 1. The van der Waals surface area contributed by atoms with Crippen LogP contribution in [0, 0.1) is 0 Å². The summed E-state index contributed by atoms with van der Waals surface area (Å²) in [5.74, 6) is 0.0604. The number of rotatable bonds is 5. The number of carbonyl (C=O) groups is 2. The summed E-state index contributed by atoms with van der Waals surface area (Å²) in [4.78, 5) is 26.2. The number of carbonyl (C=O) groups excluding carboxylic acids is 2. The number of benzene rings is 1. The summed E-state index contributed by atoms with van der Waals surface area (Å²) in [7, 11) is 0. The molecule has 1 aromatic rings. The second-order valence-corrected chi connectivity index (χ2v) is 6.74. The fourth-order valence-corrected chi connectivity index (χ4v) is 3.39. The summed E-state index contributed by atoms with van der Waals surface area (Å²) in [6, 6.07) is 7.64. The van der Waals surface area contributed by atoms with Crippen molar-refractivity contribution in [2.75, 3.05) is 38.2 Å². The molecule has 1 heterocycles. The predicted octanol–water partition coefficient (Wildman–Crippen LogP) is 2.02. The zero-order valence-electron chi connectivity index (χ0n) is 14.6. The molecule has 0 spiro atoms. The van der Waals surface area contributed by atoms with Crippen LogP contribution in [0.25, 0.3) is 0 Å². The van der Waals surface area contributed by atoms with Crippen molar-refractivity contribution in [2.24, 2.45) is 0 Å². The highest BCUT2D eigenvalue weighted by Crippen LogP contribution is 2.17. The van der Waals surface area contributed by atoms with Crippen LogP contribution in [0.15, 0.2) is 24.3 Å². The minimum Gasteiger partial charge on any atom is -0.378 e. The molecule has 6 nitrogen and oxygen atoms in total. The Bertz CT molecular complexity index is 576. The van der Waals surface area contributed by atoms with E-state index in [0.29, 0.717) is 37.9 Å². The van der Waals surface area contributed by atoms with E-state index in [-0.39, 0.29) is 18.4 Å². The number of hydrogen-bond donors (Lipinski definition) is 2. The first-order chi connectivity index (χ1) is 12.2. The van der Waals surface area contributed by atoms with Crippen molar-refractivity contribution >= 4 is 17.5 Å². The fraction of sp³-hybridized carbons (Fsp3) is 0.579. The third kappa shape index (κ3) is 5.19. The van der Waals surface area contributed by atoms with E-state index in [2.05, 4.69) is 10.6 Å². The van der Waals surface area contributed by atoms with Gasteiger partial charge in [0.05, 0.1) is 19.8 Å². The van der Waals surface area contributed by atoms with Gasteiger partial charge in [-0.05, 0) is 37.1 Å². The van der Waals surface area contributed by atoms with E-state index in [1.165, 1.54) is 19.3 Å². The number of nitrogens with one attached hydrogen (secondary N) is 2. The lowest BCUT2D eigenvalue weighted by molar-refractivity contribution is -0.120. The van der Waals surface area contributed by atoms with E-state index in [9.17, 15) is 9.59 Å². The minimum atomic E-state index is 0.0281. The van der Waals surface area contributed by atoms with Gasteiger partial charge in [0.2, 0.25) is 5.91 Å². The Kier molecular flexibility index (Phi) is 6.28. The predicted molar refractivity (Wildman–Crippen MR) is 96.7 cm³/mol. The molecule has 1 aromatic carbocycles. The molecule has 2 N–H and O–H groups in total. The Morgan fingerprint density at radius 1 is 1.04 bits per heavy atom. The monoisotopic (exact) mass is 345 g/mol. The molecular formula is C19H27N3O3. The normalized spacial score (nSPS) is 18.6. The lowest BCUT2D eigenvalue weighted by Crippen LogP contribution is -2.40. The number of anilines is 1. The maximum absolute atomic E-state index is 12.4. The van der Waals surface area contributed by atoms with Gasteiger partial charge in [-0.3, -0.25) is 9.59 Å². The Hall–Kier alpha value is -2.08. The van der Waals surface area contributed by atoms with Gasteiger partial charge in [0, 0.05) is 30.4 Å². The Morgan fingerprint density at radius 2 is 1.72 bits per heavy atom. The highest BCUT2D eigenvalue weighted by Gasteiger charge is 2.18. The van der Waals surface area contributed by atoms with Crippen LogP contribution in [0.2, 0.25) is 0 Å². The summed E-state index contributed by atoms with van der Waals surface area (Å²) in [6.07, 6.45) is 5.86. The third-order valence-electron chi connectivity index (χ3n) is 4.85. The van der Waals surface area contributed by atoms with Crippen molar-refractivity contribution in [1.82, 2.24) is 10.2 Å². The Morgan fingerprint density at radius 3 is 2.40 bits per heavy atom. The molecule has 0 radical (unpaired) electrons. The molecule has 0 aromatic heterocycles. The lowest BCUT2D eigenvalue weighted by Gasteiger charge is -2.26. The second-order valence-electron chi connectivity index (χ2n) is 6.74. The maximum atomic E-state index is 12.4. The minimum absolute atomic E-state index is 0.0281. The van der Waals surface area contributed by atoms with E-state index in [1.54, 1.807) is 12.1 Å². The first-order valence-electron chi connectivity index (χ1n) is 9.23. The zero-order chi connectivity index (χ0) is 17.5. The van der Waals surface area contributed by atoms with Crippen molar-refractivity contribution in [2.45, 2.75) is 38.1 Å². The van der Waals surface area contributed by atoms with Crippen LogP contribution in [0.1, 0.15) is 42.5 Å². The van der Waals surface area contributed by atoms with Crippen LogP contribution in [0.4, 0.5) is 5.69 Å². The largest absolute Gasteiger partial charge is 0.378 e. The molecule has 3 rings (SSSR count). The summed E-state index contributed by atoms with van der Waals surface area (Å²) < 4.78 is 5.27. The van der Waals surface area contributed by atoms with Gasteiger partial charge in [0.1, 0.15) is 0 Å². The van der Waals surface area contributed by atoms with Crippen molar-refractivity contribution in [1.29, 1.82) is 0 Å². The van der Waals surface area contributed by atoms with E-state index >= 15 is 0 Å². The van der Waals surface area contributed by atoms with Crippen LogP contribution < -0.4 is 10.6 Å². The Balaban J connectivity index is 1.45. The third-order valence-corrected chi connectivity index (χ3v) is 4.85. The first kappa shape index (κ1) is 17.7. The highest BCUT2D eigenvalue weighted by atomic mass is 16.5. The molecular weight excluding hydrogens is 318 g/mol. The van der Waals surface area contributed by atoms with Crippen molar-refractivity contribution in [3.8, 4) is 0 Å². The van der Waals surface area contributed by atoms with Gasteiger partial charge in [0.15, 0.2) is 0 Å². The zero-order valence-corrected chi connectivity index (χ0v) is 14.6. The molecule has 2 fully saturated rings. The molecule has 1 saturated heterocycles. The van der Waals surface area contributed by atoms with E-state index in [4.69, 9.17) is 4.74 Å². The molecule has 1 aliphatic carbocycles. The summed E-state index contributed by atoms with van der Waals surface area (Å²) >= 11 is 0. The first-order valence-corrected chi connectivity index (χ1v) is 9.23. The Labute approximate surface area is 148 Å². The van der Waals surface area contributed by atoms with Crippen molar-refractivity contribution in [3.05, 3.63) is 29.8 Å². The molecule has 2 amide bonds. The molecule has 0 atom stereocenters. The molecule has 2 aliphatic rings. The number of ether oxygens (including phenoxy) is 1. The summed E-state index contributed by atoms with van der Waals surface area (Å²) in [5, 5.41) is 6.21. The van der Waals surface area contributed by atoms with Crippen LogP contribution in [0.5, 0.6) is 0 Å². The number of hydrogen-bond acceptors (Lipinski definition) is 4. The van der Waals surface area contributed by atoms with E-state index < -0.39 is 0 Å². The average Bonchev–Trinajstić information content (AvgIpc) is 2.68. The second kappa shape index (κ2) is 8.85. The standard InChI is InChI=1S/C19H27N3O3/c23-18(21-17-4-2-1-3-5-17)14-20-16-8-6-15(7-9-16)19(24)22-10-12-25-13-11-22/h6-9,17,20H,1-5,10-14H2,(H,21,23). The number of amides is 2. The smallest absolute Gasteiger partial charge is 0.254 e. The van der Waals surface area contributed by atoms with Gasteiger partial charge < -0.3 is 20.3 Å². The van der Waals surface area contributed by atoms with Gasteiger partial charge in [0.25, 0.3) is 5.91 Å². The van der Waals surface area contributed by atoms with Gasteiger partial charge in [-0.2, -0.15) is 0 Å². The molecule has 6 heteroatoms. The van der Waals surface area contributed by atoms with Gasteiger partial charge in [-0.15, -0.1) is 0 Å². The SMILES string of the molecule is O=C(CNc1ccc(C(=O)N2CCOCC2)cc1)NC1CCCCC1. The molecule has 1 aliphatic heterocycles. The van der Waals surface area contributed by atoms with Crippen LogP contribution in [-0.4, -0.2) is 55.6 Å². The number of morpholine rings is 1. The molecule has 25 heavy (non-hydrogen) atoms. The molecule has 0 bridgehead atoms. The average molecular weight is 345 g/mol. The van der Waals surface area contributed by atoms with E-state index in [0.717, 1.165) is 18.5 Å². The topological polar surface area (TPSA) is 70.7 Å². The summed E-state index contributed by atoms with van der Waals surface area (Å²) in [6.45, 7) is 2.73. The summed E-state index contributed by atoms with van der Waals surface area (Å²) in [5.41, 5.74) is 1.51. The molecule has 136 valence electrons. The van der Waals surface area contributed by atoms with Crippen LogP contribution in [-0.2, 0) is 9.53 Å². The molecule has 1 saturated carbocycles. The quantitative estimate of drug-likeness (QED) is 0.856. The van der Waals surface area contributed by atoms with E-state index in [1.807, 2.05) is 17.0 Å². The van der Waals surface area contributed by atoms with Gasteiger partial charge in [-0.25, -0.2) is 0 Å². The lowest BCUT2D eigenvalue weighted by atomic mass is 9.95. The van der Waals surface area contributed by atoms with Crippen LogP contribution in [0.3, 0.4) is 0 Å². The fourth-order valence-electron chi connectivity index (χ4n) is 3.39. The van der Waals surface area contributed by atoms with Gasteiger partial charge >= 0.3 is 0 Å². The maximum Gasteiger partial charge on any atom is 0.254 e. The van der Waals surface area contributed by atoms with Gasteiger partial charge in [-0.1, -0.05) is 19.3 Å². The van der Waals surface area contributed by atoms with Crippen molar-refractivity contribution in [3.63, 3.8) is 0 Å². The van der Waals surface area contributed by atoms with Crippen LogP contribution >= 0.6 is 0 Å². The van der Waals surface area contributed by atoms with Crippen molar-refractivity contribution < 1.29 is 14.3 Å². The molecule has 0 unspecified atom stereocenters.